The number of nitrogens with one attached hydrogen (secondary N) is 1. The number of carbonyl (C=O) groups excluding carboxylic acids is 3. The fraction of sp³-hybridized carbons (Fsp3) is 0.179. The van der Waals surface area contributed by atoms with Crippen LogP contribution in [-0.4, -0.2) is 37.7 Å². The van der Waals surface area contributed by atoms with Gasteiger partial charge in [0.15, 0.2) is 11.5 Å². The number of anilines is 1. The molecule has 8 nitrogen and oxygen atoms in total. The minimum Gasteiger partial charge on any atom is -0.493 e. The Bertz CT molecular complexity index is 1310. The minimum absolute atomic E-state index is 0.191. The molecular formula is C28H25ClN2O6. The van der Waals surface area contributed by atoms with Crippen LogP contribution >= 0.6 is 11.6 Å². The Morgan fingerprint density at radius 1 is 0.865 bits per heavy atom. The van der Waals surface area contributed by atoms with Crippen molar-refractivity contribution in [3.05, 3.63) is 89.0 Å². The fourth-order valence-electron chi connectivity index (χ4n) is 3.60. The largest absolute Gasteiger partial charge is 0.493 e. The summed E-state index contributed by atoms with van der Waals surface area (Å²) in [7, 11) is 0. The third-order valence-corrected chi connectivity index (χ3v) is 5.58. The molecule has 1 aliphatic heterocycles. The van der Waals surface area contributed by atoms with Gasteiger partial charge in [0.2, 0.25) is 0 Å². The minimum atomic E-state index is -0.829. The number of barbiturate groups is 1. The van der Waals surface area contributed by atoms with E-state index in [-0.39, 0.29) is 5.57 Å². The van der Waals surface area contributed by atoms with Crippen molar-refractivity contribution in [3.8, 4) is 17.2 Å². The van der Waals surface area contributed by atoms with E-state index in [0.29, 0.717) is 54.0 Å². The molecule has 4 rings (SSSR count). The van der Waals surface area contributed by atoms with E-state index in [2.05, 4.69) is 5.32 Å². The zero-order chi connectivity index (χ0) is 26.2. The van der Waals surface area contributed by atoms with Crippen molar-refractivity contribution < 1.29 is 28.6 Å². The summed E-state index contributed by atoms with van der Waals surface area (Å²) in [5, 5.41) is 2.66. The number of ether oxygens (including phenoxy) is 3. The molecule has 190 valence electrons. The summed E-state index contributed by atoms with van der Waals surface area (Å²) in [6, 6.07) is 20.0. The molecule has 0 aliphatic carbocycles. The van der Waals surface area contributed by atoms with Gasteiger partial charge in [-0.2, -0.15) is 0 Å². The molecule has 1 saturated heterocycles. The van der Waals surface area contributed by atoms with E-state index in [1.54, 1.807) is 30.3 Å². The van der Waals surface area contributed by atoms with Crippen molar-refractivity contribution in [2.24, 2.45) is 0 Å². The van der Waals surface area contributed by atoms with E-state index in [0.717, 1.165) is 10.6 Å². The Morgan fingerprint density at radius 3 is 2.32 bits per heavy atom. The molecule has 1 aliphatic rings. The summed E-state index contributed by atoms with van der Waals surface area (Å²) in [6.07, 6.45) is 2.07. The van der Waals surface area contributed by atoms with Crippen molar-refractivity contribution in [2.75, 3.05) is 24.7 Å². The lowest BCUT2D eigenvalue weighted by molar-refractivity contribution is -0.122. The van der Waals surface area contributed by atoms with Gasteiger partial charge in [-0.05, 0) is 67.1 Å². The van der Waals surface area contributed by atoms with E-state index in [4.69, 9.17) is 25.8 Å². The topological polar surface area (TPSA) is 94.2 Å². The van der Waals surface area contributed by atoms with E-state index in [1.165, 1.54) is 18.2 Å². The number of para-hydroxylation sites is 1. The average molecular weight is 521 g/mol. The summed E-state index contributed by atoms with van der Waals surface area (Å²) in [5.41, 5.74) is 0.635. The standard InChI is InChI=1S/C28H25ClN2O6/c1-2-35-25-18-19(9-14-24(25)37-16-6-15-36-22-7-4-3-5-8-22)17-23-26(32)30-28(34)31(27(23)33)21-12-10-20(29)11-13-21/h3-5,7-14,17-18H,2,6,15-16H2,1H3,(H,30,32,34)/b23-17-. The smallest absolute Gasteiger partial charge is 0.335 e. The second kappa shape index (κ2) is 12.1. The maximum absolute atomic E-state index is 13.1. The number of carbonyl (C=O) groups is 3. The van der Waals surface area contributed by atoms with Gasteiger partial charge in [0, 0.05) is 11.4 Å². The Morgan fingerprint density at radius 2 is 1.59 bits per heavy atom. The zero-order valence-corrected chi connectivity index (χ0v) is 20.9. The van der Waals surface area contributed by atoms with Crippen molar-refractivity contribution in [1.29, 1.82) is 0 Å². The van der Waals surface area contributed by atoms with E-state index >= 15 is 0 Å². The molecule has 0 atom stereocenters. The van der Waals surface area contributed by atoms with Gasteiger partial charge >= 0.3 is 6.03 Å². The van der Waals surface area contributed by atoms with Gasteiger partial charge in [0.05, 0.1) is 25.5 Å². The third kappa shape index (κ3) is 6.48. The molecule has 0 radical (unpaired) electrons. The summed E-state index contributed by atoms with van der Waals surface area (Å²) in [6.45, 7) is 3.15. The van der Waals surface area contributed by atoms with Crippen molar-refractivity contribution >= 4 is 41.2 Å². The Balaban J connectivity index is 1.47. The lowest BCUT2D eigenvalue weighted by Crippen LogP contribution is -2.54. The van der Waals surface area contributed by atoms with E-state index in [1.807, 2.05) is 37.3 Å². The highest BCUT2D eigenvalue weighted by atomic mass is 35.5. The van der Waals surface area contributed by atoms with Gasteiger partial charge in [0.25, 0.3) is 11.8 Å². The first kappa shape index (κ1) is 25.8. The van der Waals surface area contributed by atoms with Crippen LogP contribution in [0.25, 0.3) is 6.08 Å². The monoisotopic (exact) mass is 520 g/mol. The van der Waals surface area contributed by atoms with Crippen LogP contribution in [0.5, 0.6) is 17.2 Å². The first-order chi connectivity index (χ1) is 18.0. The molecule has 3 aromatic rings. The SMILES string of the molecule is CCOc1cc(/C=C2/C(=O)NC(=O)N(c3ccc(Cl)cc3)C2=O)ccc1OCCCOc1ccccc1. The maximum Gasteiger partial charge on any atom is 0.335 e. The van der Waals surface area contributed by atoms with Crippen LogP contribution in [0, 0.1) is 0 Å². The molecule has 0 saturated carbocycles. The molecule has 3 aromatic carbocycles. The quantitative estimate of drug-likeness (QED) is 0.223. The van der Waals surface area contributed by atoms with E-state index < -0.39 is 17.8 Å². The lowest BCUT2D eigenvalue weighted by Gasteiger charge is -2.26. The fourth-order valence-corrected chi connectivity index (χ4v) is 3.72. The first-order valence-corrected chi connectivity index (χ1v) is 12.1. The third-order valence-electron chi connectivity index (χ3n) is 5.32. The average Bonchev–Trinajstić information content (AvgIpc) is 2.89. The van der Waals surface area contributed by atoms with Gasteiger partial charge < -0.3 is 14.2 Å². The number of amides is 4. The molecule has 0 aromatic heterocycles. The summed E-state index contributed by atoms with van der Waals surface area (Å²) in [5.74, 6) is 0.272. The highest BCUT2D eigenvalue weighted by Crippen LogP contribution is 2.30. The van der Waals surface area contributed by atoms with Gasteiger partial charge in [-0.25, -0.2) is 9.69 Å². The van der Waals surface area contributed by atoms with Crippen LogP contribution in [0.1, 0.15) is 18.9 Å². The number of urea groups is 1. The number of hydrogen-bond acceptors (Lipinski definition) is 6. The number of nitrogens with zero attached hydrogens (tertiary/aromatic N) is 1. The van der Waals surface area contributed by atoms with Gasteiger partial charge in [-0.3, -0.25) is 14.9 Å². The molecule has 0 spiro atoms. The second-order valence-electron chi connectivity index (χ2n) is 7.94. The first-order valence-electron chi connectivity index (χ1n) is 11.7. The predicted octanol–water partition coefficient (Wildman–Crippen LogP) is 5.25. The van der Waals surface area contributed by atoms with Gasteiger partial charge in [-0.1, -0.05) is 35.9 Å². The van der Waals surface area contributed by atoms with Crippen LogP contribution in [0.2, 0.25) is 5.02 Å². The summed E-state index contributed by atoms with van der Waals surface area (Å²) in [4.78, 5) is 38.9. The molecule has 1 fully saturated rings. The normalized spacial score (nSPS) is 14.5. The molecule has 0 bridgehead atoms. The second-order valence-corrected chi connectivity index (χ2v) is 8.37. The Labute approximate surface area is 219 Å². The van der Waals surface area contributed by atoms with Gasteiger partial charge in [0.1, 0.15) is 11.3 Å². The molecule has 1 heterocycles. The number of imide groups is 2. The van der Waals surface area contributed by atoms with E-state index in [9.17, 15) is 14.4 Å². The van der Waals surface area contributed by atoms with Crippen LogP contribution in [-0.2, 0) is 9.59 Å². The van der Waals surface area contributed by atoms with Crippen LogP contribution in [0.15, 0.2) is 78.4 Å². The number of benzene rings is 3. The molecule has 4 amide bonds. The Kier molecular flexibility index (Phi) is 8.43. The molecule has 1 N–H and O–H groups in total. The van der Waals surface area contributed by atoms with Crippen molar-refractivity contribution in [3.63, 3.8) is 0 Å². The predicted molar refractivity (Wildman–Crippen MR) is 140 cm³/mol. The lowest BCUT2D eigenvalue weighted by atomic mass is 10.1. The van der Waals surface area contributed by atoms with Crippen molar-refractivity contribution in [1.82, 2.24) is 5.32 Å². The molecule has 37 heavy (non-hydrogen) atoms. The maximum atomic E-state index is 13.1. The van der Waals surface area contributed by atoms with Crippen LogP contribution < -0.4 is 24.4 Å². The summed E-state index contributed by atoms with van der Waals surface area (Å²) >= 11 is 5.91. The number of rotatable bonds is 10. The Hall–Kier alpha value is -4.30. The highest BCUT2D eigenvalue weighted by molar-refractivity contribution is 6.39. The highest BCUT2D eigenvalue weighted by Gasteiger charge is 2.36. The molecule has 0 unspecified atom stereocenters. The van der Waals surface area contributed by atoms with Crippen LogP contribution in [0.4, 0.5) is 10.5 Å². The van der Waals surface area contributed by atoms with Crippen LogP contribution in [0.3, 0.4) is 0 Å². The summed E-state index contributed by atoms with van der Waals surface area (Å²) < 4.78 is 17.3. The van der Waals surface area contributed by atoms with Crippen molar-refractivity contribution in [2.45, 2.75) is 13.3 Å². The zero-order valence-electron chi connectivity index (χ0n) is 20.1. The number of hydrogen-bond donors (Lipinski definition) is 1. The molecule has 9 heteroatoms. The molecular weight excluding hydrogens is 496 g/mol. The number of halogens is 1. The van der Waals surface area contributed by atoms with Gasteiger partial charge in [-0.15, -0.1) is 0 Å².